The zero-order valence-corrected chi connectivity index (χ0v) is 19.0. The van der Waals surface area contributed by atoms with Gasteiger partial charge in [-0.05, 0) is 36.8 Å². The number of imide groups is 1. The van der Waals surface area contributed by atoms with Gasteiger partial charge in [-0.3, -0.25) is 14.7 Å². The van der Waals surface area contributed by atoms with Crippen LogP contribution in [0, 0.1) is 0 Å². The van der Waals surface area contributed by atoms with Gasteiger partial charge in [-0.25, -0.2) is 4.79 Å². The minimum Gasteiger partial charge on any atom is -0.489 e. The van der Waals surface area contributed by atoms with Crippen LogP contribution in [-0.2, 0) is 16.1 Å². The first kappa shape index (κ1) is 21.9. The molecule has 34 heavy (non-hydrogen) atoms. The smallest absolute Gasteiger partial charge is 0.325 e. The Labute approximate surface area is 197 Å². The highest BCUT2D eigenvalue weighted by Gasteiger charge is 2.52. The SMILES string of the molecule is CCOCCN1c2nnc(-c3ccc(OCc4ccccc4)cc3)n2C2C1C(=O)NC(=O)N2C. The van der Waals surface area contributed by atoms with Gasteiger partial charge in [0, 0.05) is 25.8 Å². The summed E-state index contributed by atoms with van der Waals surface area (Å²) in [6.07, 6.45) is -0.558. The molecule has 0 aliphatic carbocycles. The first-order chi connectivity index (χ1) is 16.6. The minimum atomic E-state index is -0.610. The molecule has 2 aliphatic heterocycles. The molecule has 2 unspecified atom stereocenters. The summed E-state index contributed by atoms with van der Waals surface area (Å²) in [7, 11) is 1.67. The third-order valence-corrected chi connectivity index (χ3v) is 6.07. The van der Waals surface area contributed by atoms with E-state index in [1.54, 1.807) is 7.05 Å². The zero-order chi connectivity index (χ0) is 23.7. The molecule has 1 N–H and O–H groups in total. The number of hydrogen-bond donors (Lipinski definition) is 1. The molecule has 0 bridgehead atoms. The van der Waals surface area contributed by atoms with E-state index in [1.807, 2.05) is 71.0 Å². The first-order valence-electron chi connectivity index (χ1n) is 11.2. The molecule has 2 aliphatic rings. The average molecular weight is 463 g/mol. The Morgan fingerprint density at radius 3 is 2.53 bits per heavy atom. The number of carbonyl (C=O) groups is 2. The second kappa shape index (κ2) is 9.14. The van der Waals surface area contributed by atoms with Gasteiger partial charge in [-0.1, -0.05) is 30.3 Å². The standard InChI is InChI=1S/C24H26N6O4/c1-3-33-14-13-29-19-21(31)25-24(32)28(2)22(19)30-20(26-27-23(29)30)17-9-11-18(12-10-17)34-15-16-7-5-4-6-8-16/h4-12,19,22H,3,13-15H2,1-2H3,(H,25,31,32). The summed E-state index contributed by atoms with van der Waals surface area (Å²) in [6, 6.07) is 16.5. The monoisotopic (exact) mass is 462 g/mol. The molecule has 1 saturated heterocycles. The number of likely N-dealkylation sites (N-methyl/N-ethyl adjacent to an activating group) is 1. The average Bonchev–Trinajstić information content (AvgIpc) is 3.42. The molecular weight excluding hydrogens is 436 g/mol. The van der Waals surface area contributed by atoms with Crippen molar-refractivity contribution in [1.82, 2.24) is 25.0 Å². The lowest BCUT2D eigenvalue weighted by Gasteiger charge is -2.37. The summed E-state index contributed by atoms with van der Waals surface area (Å²) in [5.74, 6) is 1.48. The van der Waals surface area contributed by atoms with Crippen molar-refractivity contribution in [3.8, 4) is 17.1 Å². The summed E-state index contributed by atoms with van der Waals surface area (Å²) >= 11 is 0. The fraction of sp³-hybridized carbons (Fsp3) is 0.333. The molecule has 1 fully saturated rings. The number of amides is 3. The van der Waals surface area contributed by atoms with E-state index in [4.69, 9.17) is 9.47 Å². The van der Waals surface area contributed by atoms with Crippen molar-refractivity contribution in [3.63, 3.8) is 0 Å². The van der Waals surface area contributed by atoms with Crippen molar-refractivity contribution in [2.75, 3.05) is 31.7 Å². The van der Waals surface area contributed by atoms with Crippen LogP contribution in [0.4, 0.5) is 10.7 Å². The Kier molecular flexibility index (Phi) is 5.89. The van der Waals surface area contributed by atoms with Crippen molar-refractivity contribution in [1.29, 1.82) is 0 Å². The van der Waals surface area contributed by atoms with Gasteiger partial charge < -0.3 is 19.3 Å². The highest BCUT2D eigenvalue weighted by Crippen LogP contribution is 2.40. The largest absolute Gasteiger partial charge is 0.489 e. The van der Waals surface area contributed by atoms with Gasteiger partial charge in [0.2, 0.25) is 5.95 Å². The number of hydrogen-bond acceptors (Lipinski definition) is 7. The fourth-order valence-corrected chi connectivity index (χ4v) is 4.38. The Bertz CT molecular complexity index is 1180. The number of urea groups is 1. The predicted octanol–water partition coefficient (Wildman–Crippen LogP) is 2.43. The van der Waals surface area contributed by atoms with Gasteiger partial charge in [0.25, 0.3) is 5.91 Å². The summed E-state index contributed by atoms with van der Waals surface area (Å²) in [4.78, 5) is 28.6. The van der Waals surface area contributed by atoms with Crippen LogP contribution in [0.2, 0.25) is 0 Å². The number of fused-ring (bicyclic) bond motifs is 3. The number of aromatic nitrogens is 3. The van der Waals surface area contributed by atoms with Crippen LogP contribution < -0.4 is 15.0 Å². The molecule has 5 rings (SSSR count). The van der Waals surface area contributed by atoms with E-state index in [0.717, 1.165) is 16.9 Å². The van der Waals surface area contributed by atoms with Crippen LogP contribution in [0.5, 0.6) is 5.75 Å². The van der Waals surface area contributed by atoms with Gasteiger partial charge in [0.15, 0.2) is 11.9 Å². The zero-order valence-electron chi connectivity index (χ0n) is 19.0. The van der Waals surface area contributed by atoms with E-state index in [1.165, 1.54) is 4.90 Å². The summed E-state index contributed by atoms with van der Waals surface area (Å²) in [6.45, 7) is 3.85. The molecule has 0 saturated carbocycles. The van der Waals surface area contributed by atoms with Gasteiger partial charge in [0.1, 0.15) is 18.5 Å². The summed E-state index contributed by atoms with van der Waals surface area (Å²) in [5, 5.41) is 11.2. The molecule has 0 spiro atoms. The maximum atomic E-state index is 12.8. The van der Waals surface area contributed by atoms with Crippen LogP contribution >= 0.6 is 0 Å². The molecule has 10 heteroatoms. The quantitative estimate of drug-likeness (QED) is 0.513. The molecule has 3 amide bonds. The van der Waals surface area contributed by atoms with Crippen LogP contribution in [0.3, 0.4) is 0 Å². The van der Waals surface area contributed by atoms with Crippen LogP contribution in [0.15, 0.2) is 54.6 Å². The Hall–Kier alpha value is -3.92. The minimum absolute atomic E-state index is 0.356. The molecule has 10 nitrogen and oxygen atoms in total. The highest BCUT2D eigenvalue weighted by molar-refractivity contribution is 6.02. The van der Waals surface area contributed by atoms with Crippen LogP contribution in [0.1, 0.15) is 18.7 Å². The second-order valence-electron chi connectivity index (χ2n) is 8.15. The van der Waals surface area contributed by atoms with E-state index in [9.17, 15) is 9.59 Å². The fourth-order valence-electron chi connectivity index (χ4n) is 4.38. The normalized spacial score (nSPS) is 19.1. The summed E-state index contributed by atoms with van der Waals surface area (Å²) < 4.78 is 13.3. The van der Waals surface area contributed by atoms with Gasteiger partial charge in [-0.15, -0.1) is 10.2 Å². The van der Waals surface area contributed by atoms with Gasteiger partial charge in [0.05, 0.1) is 6.61 Å². The number of nitrogens with one attached hydrogen (secondary N) is 1. The van der Waals surface area contributed by atoms with E-state index in [0.29, 0.717) is 38.1 Å². The highest BCUT2D eigenvalue weighted by atomic mass is 16.5. The first-order valence-corrected chi connectivity index (χ1v) is 11.2. The molecule has 2 aromatic carbocycles. The number of benzene rings is 2. The van der Waals surface area contributed by atoms with Crippen molar-refractivity contribution < 1.29 is 19.1 Å². The Morgan fingerprint density at radius 2 is 1.79 bits per heavy atom. The lowest BCUT2D eigenvalue weighted by Crippen LogP contribution is -2.61. The van der Waals surface area contributed by atoms with Crippen molar-refractivity contribution in [2.24, 2.45) is 0 Å². The topological polar surface area (TPSA) is 102 Å². The lowest BCUT2D eigenvalue weighted by molar-refractivity contribution is -0.124. The summed E-state index contributed by atoms with van der Waals surface area (Å²) in [5.41, 5.74) is 1.89. The van der Waals surface area contributed by atoms with Gasteiger partial charge in [-0.2, -0.15) is 0 Å². The van der Waals surface area contributed by atoms with Gasteiger partial charge >= 0.3 is 6.03 Å². The number of anilines is 1. The number of ether oxygens (including phenoxy) is 2. The predicted molar refractivity (Wildman–Crippen MR) is 124 cm³/mol. The molecule has 3 aromatic rings. The molecular formula is C24H26N6O4. The third kappa shape index (κ3) is 3.86. The van der Waals surface area contributed by atoms with Crippen molar-refractivity contribution in [2.45, 2.75) is 25.7 Å². The lowest BCUT2D eigenvalue weighted by atomic mass is 10.1. The number of nitrogens with zero attached hydrogens (tertiary/aromatic N) is 5. The maximum Gasteiger partial charge on any atom is 0.325 e. The molecule has 3 heterocycles. The Balaban J connectivity index is 1.43. The van der Waals surface area contributed by atoms with Crippen molar-refractivity contribution in [3.05, 3.63) is 60.2 Å². The van der Waals surface area contributed by atoms with Crippen LogP contribution in [-0.4, -0.2) is 64.5 Å². The third-order valence-electron chi connectivity index (χ3n) is 6.07. The number of rotatable bonds is 8. The van der Waals surface area contributed by atoms with Crippen LogP contribution in [0.25, 0.3) is 11.4 Å². The van der Waals surface area contributed by atoms with Crippen molar-refractivity contribution >= 4 is 17.9 Å². The number of carbonyl (C=O) groups excluding carboxylic acids is 2. The molecule has 176 valence electrons. The van der Waals surface area contributed by atoms with E-state index in [-0.39, 0.29) is 5.91 Å². The maximum absolute atomic E-state index is 12.8. The van der Waals surface area contributed by atoms with E-state index < -0.39 is 18.2 Å². The van der Waals surface area contributed by atoms with E-state index >= 15 is 0 Å². The Morgan fingerprint density at radius 1 is 1.03 bits per heavy atom. The second-order valence-corrected chi connectivity index (χ2v) is 8.15. The van der Waals surface area contributed by atoms with E-state index in [2.05, 4.69) is 15.5 Å². The molecule has 0 radical (unpaired) electrons. The molecule has 1 aromatic heterocycles. The molecule has 2 atom stereocenters.